The van der Waals surface area contributed by atoms with Crippen LogP contribution >= 0.6 is 15.9 Å². The normalized spacial score (nSPS) is 11.6. The average Bonchev–Trinajstić information content (AvgIpc) is 2.94. The van der Waals surface area contributed by atoms with Crippen molar-refractivity contribution in [2.75, 3.05) is 6.26 Å². The van der Waals surface area contributed by atoms with Crippen molar-refractivity contribution in [3.63, 3.8) is 0 Å². The van der Waals surface area contributed by atoms with Crippen molar-refractivity contribution in [3.05, 3.63) is 64.5 Å². The topological polar surface area (TPSA) is 80.5 Å². The first-order valence-corrected chi connectivity index (χ1v) is 9.73. The van der Waals surface area contributed by atoms with E-state index in [1.807, 2.05) is 28.9 Å². The third-order valence-electron chi connectivity index (χ3n) is 3.42. The van der Waals surface area contributed by atoms with Crippen molar-refractivity contribution in [2.45, 2.75) is 11.4 Å². The SMILES string of the molecule is CS(=O)(=O)c1cccc(C(=O)NCc2cn3cc(Br)ccc3n2)c1. The van der Waals surface area contributed by atoms with E-state index >= 15 is 0 Å². The van der Waals surface area contributed by atoms with Gasteiger partial charge in [0.25, 0.3) is 5.91 Å². The first-order chi connectivity index (χ1) is 11.3. The zero-order valence-corrected chi connectivity index (χ0v) is 15.1. The Balaban J connectivity index is 1.75. The Labute approximate surface area is 147 Å². The number of aromatic nitrogens is 2. The van der Waals surface area contributed by atoms with Gasteiger partial charge in [0, 0.05) is 28.7 Å². The molecule has 2 heterocycles. The number of sulfone groups is 1. The lowest BCUT2D eigenvalue weighted by molar-refractivity contribution is 0.0950. The quantitative estimate of drug-likeness (QED) is 0.719. The monoisotopic (exact) mass is 407 g/mol. The van der Waals surface area contributed by atoms with E-state index in [4.69, 9.17) is 0 Å². The minimum Gasteiger partial charge on any atom is -0.346 e. The summed E-state index contributed by atoms with van der Waals surface area (Å²) in [5, 5.41) is 2.75. The minimum atomic E-state index is -3.35. The summed E-state index contributed by atoms with van der Waals surface area (Å²) < 4.78 is 25.9. The number of nitrogens with one attached hydrogen (secondary N) is 1. The molecule has 3 aromatic rings. The maximum atomic E-state index is 12.2. The molecular formula is C16H14BrN3O3S. The molecule has 0 saturated heterocycles. The van der Waals surface area contributed by atoms with Crippen LogP contribution in [0.2, 0.25) is 0 Å². The largest absolute Gasteiger partial charge is 0.346 e. The molecule has 0 aliphatic rings. The molecule has 24 heavy (non-hydrogen) atoms. The van der Waals surface area contributed by atoms with E-state index in [9.17, 15) is 13.2 Å². The summed E-state index contributed by atoms with van der Waals surface area (Å²) in [6, 6.07) is 9.71. The third-order valence-corrected chi connectivity index (χ3v) is 5.00. The highest BCUT2D eigenvalue weighted by Crippen LogP contribution is 2.13. The zero-order valence-electron chi connectivity index (χ0n) is 12.7. The van der Waals surface area contributed by atoms with Crippen molar-refractivity contribution in [1.29, 1.82) is 0 Å². The van der Waals surface area contributed by atoms with Gasteiger partial charge in [-0.05, 0) is 46.3 Å². The smallest absolute Gasteiger partial charge is 0.251 e. The predicted octanol–water partition coefficient (Wildman–Crippen LogP) is 2.43. The maximum Gasteiger partial charge on any atom is 0.251 e. The molecule has 0 fully saturated rings. The van der Waals surface area contributed by atoms with Crippen LogP contribution in [-0.4, -0.2) is 30.0 Å². The van der Waals surface area contributed by atoms with Crippen LogP contribution in [0.1, 0.15) is 16.1 Å². The molecule has 0 bridgehead atoms. The summed E-state index contributed by atoms with van der Waals surface area (Å²) in [5.41, 5.74) is 1.78. The van der Waals surface area contributed by atoms with Gasteiger partial charge in [0.05, 0.1) is 17.1 Å². The van der Waals surface area contributed by atoms with Gasteiger partial charge in [-0.1, -0.05) is 6.07 Å². The summed E-state index contributed by atoms with van der Waals surface area (Å²) in [7, 11) is -3.35. The number of benzene rings is 1. The summed E-state index contributed by atoms with van der Waals surface area (Å²) in [5.74, 6) is -0.348. The number of fused-ring (bicyclic) bond motifs is 1. The molecule has 124 valence electrons. The molecule has 0 aliphatic heterocycles. The van der Waals surface area contributed by atoms with E-state index in [1.165, 1.54) is 12.1 Å². The number of carbonyl (C=O) groups excluding carboxylic acids is 1. The van der Waals surface area contributed by atoms with Crippen LogP contribution in [0, 0.1) is 0 Å². The fraction of sp³-hybridized carbons (Fsp3) is 0.125. The Bertz CT molecular complexity index is 1030. The Hall–Kier alpha value is -2.19. The molecule has 1 N–H and O–H groups in total. The number of imidazole rings is 1. The van der Waals surface area contributed by atoms with Gasteiger partial charge >= 0.3 is 0 Å². The predicted molar refractivity (Wildman–Crippen MR) is 93.6 cm³/mol. The average molecular weight is 408 g/mol. The Morgan fingerprint density at radius 3 is 2.79 bits per heavy atom. The number of hydrogen-bond acceptors (Lipinski definition) is 4. The summed E-state index contributed by atoms with van der Waals surface area (Å²) in [6.07, 6.45) is 4.81. The number of nitrogens with zero attached hydrogens (tertiary/aromatic N) is 2. The molecule has 2 aromatic heterocycles. The van der Waals surface area contributed by atoms with Crippen molar-refractivity contribution in [1.82, 2.24) is 14.7 Å². The fourth-order valence-corrected chi connectivity index (χ4v) is 3.26. The highest BCUT2D eigenvalue weighted by atomic mass is 79.9. The zero-order chi connectivity index (χ0) is 17.3. The summed E-state index contributed by atoms with van der Waals surface area (Å²) >= 11 is 3.39. The van der Waals surface area contributed by atoms with Crippen LogP contribution in [0.5, 0.6) is 0 Å². The second-order valence-electron chi connectivity index (χ2n) is 5.33. The van der Waals surface area contributed by atoms with Crippen LogP contribution in [0.25, 0.3) is 5.65 Å². The molecule has 0 aliphatic carbocycles. The third kappa shape index (κ3) is 3.65. The molecular weight excluding hydrogens is 394 g/mol. The van der Waals surface area contributed by atoms with E-state index in [0.29, 0.717) is 11.3 Å². The Morgan fingerprint density at radius 2 is 2.04 bits per heavy atom. The summed E-state index contributed by atoms with van der Waals surface area (Å²) in [4.78, 5) is 16.7. The second kappa shape index (κ2) is 6.37. The van der Waals surface area contributed by atoms with Gasteiger partial charge in [0.15, 0.2) is 9.84 Å². The molecule has 8 heteroatoms. The molecule has 0 unspecified atom stereocenters. The second-order valence-corrected chi connectivity index (χ2v) is 8.26. The molecule has 0 spiro atoms. The maximum absolute atomic E-state index is 12.2. The van der Waals surface area contributed by atoms with Crippen molar-refractivity contribution >= 4 is 37.3 Å². The van der Waals surface area contributed by atoms with Gasteiger partial charge in [-0.15, -0.1) is 0 Å². The van der Waals surface area contributed by atoms with Crippen molar-refractivity contribution < 1.29 is 13.2 Å². The first kappa shape index (κ1) is 16.7. The highest BCUT2D eigenvalue weighted by molar-refractivity contribution is 9.10. The van der Waals surface area contributed by atoms with Gasteiger partial charge in [0.1, 0.15) is 5.65 Å². The number of amides is 1. The fourth-order valence-electron chi connectivity index (χ4n) is 2.24. The number of carbonyl (C=O) groups is 1. The number of pyridine rings is 1. The lowest BCUT2D eigenvalue weighted by Gasteiger charge is -2.05. The van der Waals surface area contributed by atoms with Gasteiger partial charge in [0.2, 0.25) is 0 Å². The first-order valence-electron chi connectivity index (χ1n) is 7.04. The summed E-state index contributed by atoms with van der Waals surface area (Å²) in [6.45, 7) is 0.251. The van der Waals surface area contributed by atoms with E-state index in [0.717, 1.165) is 16.4 Å². The number of rotatable bonds is 4. The van der Waals surface area contributed by atoms with Crippen LogP contribution in [0.3, 0.4) is 0 Å². The Kier molecular flexibility index (Phi) is 4.42. The molecule has 0 atom stereocenters. The van der Waals surface area contributed by atoms with Crippen molar-refractivity contribution in [3.8, 4) is 0 Å². The molecule has 1 aromatic carbocycles. The van der Waals surface area contributed by atoms with Crippen molar-refractivity contribution in [2.24, 2.45) is 0 Å². The van der Waals surface area contributed by atoms with Gasteiger partial charge < -0.3 is 9.72 Å². The van der Waals surface area contributed by atoms with E-state index < -0.39 is 9.84 Å². The lowest BCUT2D eigenvalue weighted by atomic mass is 10.2. The lowest BCUT2D eigenvalue weighted by Crippen LogP contribution is -2.23. The van der Waals surface area contributed by atoms with Gasteiger partial charge in [-0.25, -0.2) is 13.4 Å². The number of halogens is 1. The molecule has 6 nitrogen and oxygen atoms in total. The number of hydrogen-bond donors (Lipinski definition) is 1. The van der Waals surface area contributed by atoms with E-state index in [-0.39, 0.29) is 17.3 Å². The van der Waals surface area contributed by atoms with Gasteiger partial charge in [-0.2, -0.15) is 0 Å². The Morgan fingerprint density at radius 1 is 1.25 bits per heavy atom. The van der Waals surface area contributed by atoms with Crippen LogP contribution in [0.15, 0.2) is 58.2 Å². The standard InChI is InChI=1S/C16H14BrN3O3S/c1-24(22,23)14-4-2-3-11(7-14)16(21)18-8-13-10-20-9-12(17)5-6-15(20)19-13/h2-7,9-10H,8H2,1H3,(H,18,21). The van der Waals surface area contributed by atoms with E-state index in [2.05, 4.69) is 26.2 Å². The van der Waals surface area contributed by atoms with Crippen LogP contribution in [-0.2, 0) is 16.4 Å². The van der Waals surface area contributed by atoms with Gasteiger partial charge in [-0.3, -0.25) is 4.79 Å². The van der Waals surface area contributed by atoms with E-state index in [1.54, 1.807) is 12.1 Å². The molecule has 1 amide bonds. The minimum absolute atomic E-state index is 0.118. The molecule has 3 rings (SSSR count). The van der Waals surface area contributed by atoms with Crippen LogP contribution < -0.4 is 5.32 Å². The van der Waals surface area contributed by atoms with Crippen LogP contribution in [0.4, 0.5) is 0 Å². The molecule has 0 saturated carbocycles. The molecule has 0 radical (unpaired) electrons. The highest BCUT2D eigenvalue weighted by Gasteiger charge is 2.12.